The fourth-order valence-electron chi connectivity index (χ4n) is 1.62. The number of benzene rings is 1. The molecule has 1 N–H and O–H groups in total. The van der Waals surface area contributed by atoms with Gasteiger partial charge in [-0.2, -0.15) is 0 Å². The predicted molar refractivity (Wildman–Crippen MR) is 66.2 cm³/mol. The van der Waals surface area contributed by atoms with Crippen LogP contribution in [0.5, 0.6) is 5.75 Å². The summed E-state index contributed by atoms with van der Waals surface area (Å²) < 4.78 is 45.1. The molecule has 0 aromatic heterocycles. The molecule has 0 radical (unpaired) electrons. The highest BCUT2D eigenvalue weighted by molar-refractivity contribution is 5.28. The van der Waals surface area contributed by atoms with Crippen LogP contribution in [0.25, 0.3) is 0 Å². The SMILES string of the molecule is CCOCC(Cc1ccc(OC(F)(F)F)cc1)NC. The lowest BCUT2D eigenvalue weighted by Crippen LogP contribution is -2.32. The smallest absolute Gasteiger partial charge is 0.406 e. The van der Waals surface area contributed by atoms with Crippen LogP contribution in [0, 0.1) is 0 Å². The third kappa shape index (κ3) is 6.45. The monoisotopic (exact) mass is 277 g/mol. The Kier molecular flexibility index (Phi) is 6.11. The van der Waals surface area contributed by atoms with Gasteiger partial charge in [0.15, 0.2) is 0 Å². The molecule has 0 bridgehead atoms. The van der Waals surface area contributed by atoms with Crippen molar-refractivity contribution >= 4 is 0 Å². The molecule has 0 spiro atoms. The van der Waals surface area contributed by atoms with Crippen molar-refractivity contribution in [2.75, 3.05) is 20.3 Å². The fourth-order valence-corrected chi connectivity index (χ4v) is 1.62. The first-order valence-electron chi connectivity index (χ1n) is 6.04. The van der Waals surface area contributed by atoms with Gasteiger partial charge in [0.2, 0.25) is 0 Å². The van der Waals surface area contributed by atoms with Crippen LogP contribution in [0.3, 0.4) is 0 Å². The van der Waals surface area contributed by atoms with Crippen molar-refractivity contribution in [3.05, 3.63) is 29.8 Å². The van der Waals surface area contributed by atoms with E-state index in [9.17, 15) is 13.2 Å². The van der Waals surface area contributed by atoms with Gasteiger partial charge in [-0.15, -0.1) is 13.2 Å². The van der Waals surface area contributed by atoms with Crippen molar-refractivity contribution in [3.63, 3.8) is 0 Å². The van der Waals surface area contributed by atoms with Crippen LogP contribution in [0.4, 0.5) is 13.2 Å². The number of halogens is 3. The van der Waals surface area contributed by atoms with Gasteiger partial charge in [0.1, 0.15) is 5.75 Å². The van der Waals surface area contributed by atoms with Gasteiger partial charge >= 0.3 is 6.36 Å². The van der Waals surface area contributed by atoms with E-state index in [1.54, 1.807) is 12.1 Å². The third-order valence-electron chi connectivity index (χ3n) is 2.57. The van der Waals surface area contributed by atoms with Crippen LogP contribution in [0.15, 0.2) is 24.3 Å². The van der Waals surface area contributed by atoms with E-state index in [0.29, 0.717) is 19.6 Å². The summed E-state index contributed by atoms with van der Waals surface area (Å²) in [5.41, 5.74) is 0.925. The molecule has 0 heterocycles. The summed E-state index contributed by atoms with van der Waals surface area (Å²) in [6, 6.07) is 6.01. The molecule has 1 rings (SSSR count). The number of nitrogens with one attached hydrogen (secondary N) is 1. The molecule has 108 valence electrons. The maximum Gasteiger partial charge on any atom is 0.573 e. The van der Waals surface area contributed by atoms with E-state index in [1.165, 1.54) is 12.1 Å². The van der Waals surface area contributed by atoms with Crippen LogP contribution in [-0.4, -0.2) is 32.7 Å². The van der Waals surface area contributed by atoms with Crippen LogP contribution < -0.4 is 10.1 Å². The molecule has 1 atom stereocenters. The first-order chi connectivity index (χ1) is 8.94. The summed E-state index contributed by atoms with van der Waals surface area (Å²) in [6.07, 6.45) is -3.97. The second-order valence-corrected chi connectivity index (χ2v) is 4.04. The Morgan fingerprint density at radius 2 is 1.84 bits per heavy atom. The molecule has 0 fully saturated rings. The molecule has 1 aromatic carbocycles. The molecule has 19 heavy (non-hydrogen) atoms. The lowest BCUT2D eigenvalue weighted by atomic mass is 10.1. The molecular formula is C13H18F3NO2. The average molecular weight is 277 g/mol. The van der Waals surface area contributed by atoms with E-state index >= 15 is 0 Å². The second-order valence-electron chi connectivity index (χ2n) is 4.04. The standard InChI is InChI=1S/C13H18F3NO2/c1-3-18-9-11(17-2)8-10-4-6-12(7-5-10)19-13(14,15)16/h4-7,11,17H,3,8-9H2,1-2H3. The van der Waals surface area contributed by atoms with Crippen molar-refractivity contribution in [1.29, 1.82) is 0 Å². The number of rotatable bonds is 7. The zero-order valence-corrected chi connectivity index (χ0v) is 11.0. The van der Waals surface area contributed by atoms with Crippen molar-refractivity contribution in [2.45, 2.75) is 25.7 Å². The Hall–Kier alpha value is -1.27. The Morgan fingerprint density at radius 3 is 2.32 bits per heavy atom. The fraction of sp³-hybridized carbons (Fsp3) is 0.538. The highest BCUT2D eigenvalue weighted by atomic mass is 19.4. The number of alkyl halides is 3. The minimum absolute atomic E-state index is 0.134. The molecule has 0 aliphatic rings. The molecule has 0 aliphatic heterocycles. The average Bonchev–Trinajstić information content (AvgIpc) is 2.34. The summed E-state index contributed by atoms with van der Waals surface area (Å²) in [4.78, 5) is 0. The number of hydrogen-bond acceptors (Lipinski definition) is 3. The number of likely N-dealkylation sites (N-methyl/N-ethyl adjacent to an activating group) is 1. The maximum absolute atomic E-state index is 12.0. The van der Waals surface area contributed by atoms with Gasteiger partial charge in [-0.05, 0) is 38.1 Å². The molecule has 1 unspecified atom stereocenters. The first-order valence-corrected chi connectivity index (χ1v) is 6.04. The predicted octanol–water partition coefficient (Wildman–Crippen LogP) is 2.75. The van der Waals surface area contributed by atoms with Gasteiger partial charge in [-0.25, -0.2) is 0 Å². The van der Waals surface area contributed by atoms with E-state index in [2.05, 4.69) is 10.1 Å². The molecule has 0 amide bonds. The zero-order valence-electron chi connectivity index (χ0n) is 11.0. The van der Waals surface area contributed by atoms with Gasteiger partial charge in [-0.1, -0.05) is 12.1 Å². The van der Waals surface area contributed by atoms with Crippen molar-refractivity contribution in [1.82, 2.24) is 5.32 Å². The molecule has 0 saturated carbocycles. The van der Waals surface area contributed by atoms with Crippen LogP contribution in [-0.2, 0) is 11.2 Å². The summed E-state index contributed by atoms with van der Waals surface area (Å²) >= 11 is 0. The molecule has 0 aliphatic carbocycles. The first kappa shape index (κ1) is 15.8. The van der Waals surface area contributed by atoms with Gasteiger partial charge in [0.25, 0.3) is 0 Å². The highest BCUT2D eigenvalue weighted by Gasteiger charge is 2.30. The molecule has 3 nitrogen and oxygen atoms in total. The van der Waals surface area contributed by atoms with Gasteiger partial charge < -0.3 is 14.8 Å². The normalized spacial score (nSPS) is 13.3. The van der Waals surface area contributed by atoms with Crippen LogP contribution in [0.2, 0.25) is 0 Å². The van der Waals surface area contributed by atoms with E-state index < -0.39 is 6.36 Å². The Labute approximate surface area is 110 Å². The lowest BCUT2D eigenvalue weighted by molar-refractivity contribution is -0.274. The zero-order chi connectivity index (χ0) is 14.3. The summed E-state index contributed by atoms with van der Waals surface area (Å²) in [7, 11) is 1.82. The molecular weight excluding hydrogens is 259 g/mol. The quantitative estimate of drug-likeness (QED) is 0.831. The van der Waals surface area contributed by atoms with Crippen LogP contribution in [0.1, 0.15) is 12.5 Å². The van der Waals surface area contributed by atoms with Crippen molar-refractivity contribution < 1.29 is 22.6 Å². The van der Waals surface area contributed by atoms with Crippen molar-refractivity contribution in [2.24, 2.45) is 0 Å². The van der Waals surface area contributed by atoms with E-state index in [1.807, 2.05) is 14.0 Å². The van der Waals surface area contributed by atoms with E-state index in [0.717, 1.165) is 5.56 Å². The Morgan fingerprint density at radius 1 is 1.21 bits per heavy atom. The molecule has 6 heteroatoms. The topological polar surface area (TPSA) is 30.5 Å². The number of hydrogen-bond donors (Lipinski definition) is 1. The van der Waals surface area contributed by atoms with Crippen molar-refractivity contribution in [3.8, 4) is 5.75 Å². The number of ether oxygens (including phenoxy) is 2. The maximum atomic E-state index is 12.0. The summed E-state index contributed by atoms with van der Waals surface area (Å²) in [5, 5.41) is 3.10. The third-order valence-corrected chi connectivity index (χ3v) is 2.57. The van der Waals surface area contributed by atoms with Gasteiger partial charge in [0.05, 0.1) is 6.61 Å². The Balaban J connectivity index is 2.55. The lowest BCUT2D eigenvalue weighted by Gasteiger charge is -2.16. The second kappa shape index (κ2) is 7.35. The van der Waals surface area contributed by atoms with E-state index in [4.69, 9.17) is 4.74 Å². The molecule has 0 saturated heterocycles. The van der Waals surface area contributed by atoms with Gasteiger partial charge in [-0.3, -0.25) is 0 Å². The minimum Gasteiger partial charge on any atom is -0.406 e. The highest BCUT2D eigenvalue weighted by Crippen LogP contribution is 2.22. The van der Waals surface area contributed by atoms with E-state index in [-0.39, 0.29) is 11.8 Å². The minimum atomic E-state index is -4.65. The molecule has 1 aromatic rings. The van der Waals surface area contributed by atoms with Gasteiger partial charge in [0, 0.05) is 12.6 Å². The van der Waals surface area contributed by atoms with Crippen LogP contribution >= 0.6 is 0 Å². The summed E-state index contributed by atoms with van der Waals surface area (Å²) in [5.74, 6) is -0.206. The Bertz CT molecular complexity index is 365. The summed E-state index contributed by atoms with van der Waals surface area (Å²) in [6.45, 7) is 3.11. The largest absolute Gasteiger partial charge is 0.573 e.